The van der Waals surface area contributed by atoms with Crippen molar-refractivity contribution in [3.8, 4) is 0 Å². The molecule has 2 amide bonds. The van der Waals surface area contributed by atoms with Crippen LogP contribution in [0, 0.1) is 0 Å². The molecule has 2 atom stereocenters. The Labute approximate surface area is 201 Å². The normalized spacial score (nSPS) is 16.1. The van der Waals surface area contributed by atoms with E-state index in [1.165, 1.54) is 88.4 Å². The van der Waals surface area contributed by atoms with Gasteiger partial charge < -0.3 is 25.1 Å². The lowest BCUT2D eigenvalue weighted by atomic mass is 10.0. The molecule has 0 saturated carbocycles. The molecule has 0 aromatic heterocycles. The maximum Gasteiger partial charge on any atom is 0.254 e. The first-order chi connectivity index (χ1) is 16.0. The first kappa shape index (κ1) is 29.9. The van der Waals surface area contributed by atoms with Gasteiger partial charge in [-0.1, -0.05) is 96.8 Å². The lowest BCUT2D eigenvalue weighted by Crippen LogP contribution is -2.54. The zero-order valence-corrected chi connectivity index (χ0v) is 21.1. The molecule has 0 aromatic carbocycles. The Balaban J connectivity index is 1.95. The van der Waals surface area contributed by atoms with Crippen molar-refractivity contribution in [3.63, 3.8) is 0 Å². The first-order valence-electron chi connectivity index (χ1n) is 13.5. The first-order valence-corrected chi connectivity index (χ1v) is 13.5. The molecular formula is C26H50N2O5. The second-order valence-corrected chi connectivity index (χ2v) is 9.60. The van der Waals surface area contributed by atoms with Crippen molar-refractivity contribution in [3.05, 3.63) is 0 Å². The average Bonchev–Trinajstić information content (AvgIpc) is 2.84. The number of carbonyl (C=O) groups is 2. The van der Waals surface area contributed by atoms with Gasteiger partial charge in [0.15, 0.2) is 6.10 Å². The van der Waals surface area contributed by atoms with Gasteiger partial charge in [-0.2, -0.15) is 0 Å². The van der Waals surface area contributed by atoms with E-state index in [2.05, 4.69) is 6.92 Å². The molecule has 1 fully saturated rings. The summed E-state index contributed by atoms with van der Waals surface area (Å²) in [6.45, 7) is 3.19. The Hall–Kier alpha value is -1.18. The van der Waals surface area contributed by atoms with E-state index in [-0.39, 0.29) is 5.91 Å². The molecule has 7 nitrogen and oxygen atoms in total. The van der Waals surface area contributed by atoms with Crippen LogP contribution < -0.4 is 0 Å². The summed E-state index contributed by atoms with van der Waals surface area (Å²) in [4.78, 5) is 27.7. The minimum atomic E-state index is -1.61. The Kier molecular flexibility index (Phi) is 17.3. The topological polar surface area (TPSA) is 101 Å². The lowest BCUT2D eigenvalue weighted by molar-refractivity contribution is -0.151. The third-order valence-corrected chi connectivity index (χ3v) is 6.74. The van der Waals surface area contributed by atoms with Gasteiger partial charge in [0.05, 0.1) is 6.61 Å². The molecule has 1 rings (SSSR count). The molecule has 194 valence electrons. The van der Waals surface area contributed by atoms with E-state index >= 15 is 0 Å². The maximum atomic E-state index is 12.4. The summed E-state index contributed by atoms with van der Waals surface area (Å²) >= 11 is 0. The van der Waals surface area contributed by atoms with Crippen molar-refractivity contribution >= 4 is 11.8 Å². The molecule has 0 aromatic rings. The Morgan fingerprint density at radius 2 is 1.06 bits per heavy atom. The number of hydrogen-bond acceptors (Lipinski definition) is 5. The molecule has 0 aliphatic carbocycles. The third-order valence-electron chi connectivity index (χ3n) is 6.74. The van der Waals surface area contributed by atoms with Crippen molar-refractivity contribution in [1.82, 2.24) is 9.80 Å². The number of unbranched alkanes of at least 4 members (excludes halogenated alkanes) is 14. The molecule has 33 heavy (non-hydrogen) atoms. The fourth-order valence-corrected chi connectivity index (χ4v) is 4.43. The standard InChI is InChI=1S/C26H50N2O5/c1-2-3-4-5-6-7-8-9-10-11-12-13-14-15-16-17-24(31)27-18-20-28(21-19-27)26(33)25(32)23(30)22-29/h23,25,29-30,32H,2-22H2,1H3. The summed E-state index contributed by atoms with van der Waals surface area (Å²) in [5.41, 5.74) is 0. The predicted octanol–water partition coefficient (Wildman–Crippen LogP) is 3.63. The largest absolute Gasteiger partial charge is 0.394 e. The minimum Gasteiger partial charge on any atom is -0.394 e. The van der Waals surface area contributed by atoms with E-state index < -0.39 is 24.7 Å². The summed E-state index contributed by atoms with van der Waals surface area (Å²) in [7, 11) is 0. The number of aliphatic hydroxyl groups is 3. The molecule has 1 heterocycles. The van der Waals surface area contributed by atoms with Crippen molar-refractivity contribution in [1.29, 1.82) is 0 Å². The fraction of sp³-hybridized carbons (Fsp3) is 0.923. The van der Waals surface area contributed by atoms with Crippen LogP contribution in [0.3, 0.4) is 0 Å². The SMILES string of the molecule is CCCCCCCCCCCCCCCCCC(=O)N1CCN(C(=O)C(O)C(O)CO)CC1. The number of rotatable bonds is 19. The fourth-order valence-electron chi connectivity index (χ4n) is 4.43. The zero-order valence-electron chi connectivity index (χ0n) is 21.1. The molecule has 3 N–H and O–H groups in total. The van der Waals surface area contributed by atoms with Crippen molar-refractivity contribution in [2.75, 3.05) is 32.8 Å². The Morgan fingerprint density at radius 1 is 0.667 bits per heavy atom. The summed E-state index contributed by atoms with van der Waals surface area (Å²) in [6, 6.07) is 0. The van der Waals surface area contributed by atoms with Gasteiger partial charge in [0.1, 0.15) is 6.10 Å². The van der Waals surface area contributed by atoms with Crippen LogP contribution in [-0.2, 0) is 9.59 Å². The molecule has 1 aliphatic rings. The molecule has 7 heteroatoms. The van der Waals surface area contributed by atoms with Crippen LogP contribution in [0.4, 0.5) is 0 Å². The maximum absolute atomic E-state index is 12.4. The molecular weight excluding hydrogens is 420 g/mol. The molecule has 1 aliphatic heterocycles. The van der Waals surface area contributed by atoms with Gasteiger partial charge in [-0.05, 0) is 6.42 Å². The summed E-state index contributed by atoms with van der Waals surface area (Å²) in [5, 5.41) is 28.0. The number of piperazine rings is 1. The van der Waals surface area contributed by atoms with E-state index in [9.17, 15) is 19.8 Å². The highest BCUT2D eigenvalue weighted by Crippen LogP contribution is 2.14. The molecule has 1 saturated heterocycles. The van der Waals surface area contributed by atoms with Crippen molar-refractivity contribution < 1.29 is 24.9 Å². The molecule has 0 radical (unpaired) electrons. The van der Waals surface area contributed by atoms with Gasteiger partial charge >= 0.3 is 0 Å². The van der Waals surface area contributed by atoms with Gasteiger partial charge in [-0.15, -0.1) is 0 Å². The minimum absolute atomic E-state index is 0.132. The highest BCUT2D eigenvalue weighted by molar-refractivity contribution is 5.82. The van der Waals surface area contributed by atoms with Crippen LogP contribution in [-0.4, -0.2) is 81.9 Å². The number of nitrogens with zero attached hydrogens (tertiary/aromatic N) is 2. The quantitative estimate of drug-likeness (QED) is 0.250. The summed E-state index contributed by atoms with van der Waals surface area (Å²) in [6.07, 6.45) is 17.0. The van der Waals surface area contributed by atoms with Gasteiger partial charge in [-0.3, -0.25) is 9.59 Å². The van der Waals surface area contributed by atoms with Crippen LogP contribution in [0.5, 0.6) is 0 Å². The van der Waals surface area contributed by atoms with Crippen LogP contribution in [0.1, 0.15) is 110 Å². The van der Waals surface area contributed by atoms with Crippen molar-refractivity contribution in [2.45, 2.75) is 122 Å². The van der Waals surface area contributed by atoms with E-state index in [1.807, 2.05) is 0 Å². The van der Waals surface area contributed by atoms with Gasteiger partial charge in [-0.25, -0.2) is 0 Å². The van der Waals surface area contributed by atoms with E-state index in [1.54, 1.807) is 4.90 Å². The average molecular weight is 471 g/mol. The second-order valence-electron chi connectivity index (χ2n) is 9.60. The van der Waals surface area contributed by atoms with Crippen LogP contribution >= 0.6 is 0 Å². The number of amides is 2. The zero-order chi connectivity index (χ0) is 24.3. The lowest BCUT2D eigenvalue weighted by Gasteiger charge is -2.36. The monoisotopic (exact) mass is 470 g/mol. The van der Waals surface area contributed by atoms with Gasteiger partial charge in [0.25, 0.3) is 5.91 Å². The second kappa shape index (κ2) is 19.2. The van der Waals surface area contributed by atoms with Crippen LogP contribution in [0.2, 0.25) is 0 Å². The van der Waals surface area contributed by atoms with E-state index in [0.717, 1.165) is 12.8 Å². The van der Waals surface area contributed by atoms with Crippen LogP contribution in [0.25, 0.3) is 0 Å². The molecule has 0 spiro atoms. The van der Waals surface area contributed by atoms with E-state index in [0.29, 0.717) is 32.6 Å². The third kappa shape index (κ3) is 13.3. The highest BCUT2D eigenvalue weighted by Gasteiger charge is 2.31. The van der Waals surface area contributed by atoms with Gasteiger partial charge in [0.2, 0.25) is 5.91 Å². The number of aliphatic hydroxyl groups excluding tert-OH is 3. The molecule has 2 unspecified atom stereocenters. The summed E-state index contributed by atoms with van der Waals surface area (Å²) < 4.78 is 0. The van der Waals surface area contributed by atoms with Gasteiger partial charge in [0, 0.05) is 32.6 Å². The smallest absolute Gasteiger partial charge is 0.254 e. The predicted molar refractivity (Wildman–Crippen MR) is 132 cm³/mol. The van der Waals surface area contributed by atoms with Crippen LogP contribution in [0.15, 0.2) is 0 Å². The highest BCUT2D eigenvalue weighted by atomic mass is 16.4. The number of hydrogen-bond donors (Lipinski definition) is 3. The molecule has 0 bridgehead atoms. The van der Waals surface area contributed by atoms with E-state index in [4.69, 9.17) is 5.11 Å². The Bertz CT molecular complexity index is 509. The Morgan fingerprint density at radius 3 is 1.48 bits per heavy atom. The summed E-state index contributed by atoms with van der Waals surface area (Å²) in [5.74, 6) is -0.459. The van der Waals surface area contributed by atoms with Crippen molar-refractivity contribution in [2.24, 2.45) is 0 Å². The number of carbonyl (C=O) groups excluding carboxylic acids is 2.